The Bertz CT molecular complexity index is 228. The first kappa shape index (κ1) is 14.2. The minimum Gasteiger partial charge on any atom is -0.312 e. The molecular weight excluding hydrogens is 182 g/mol. The molecule has 1 nitrogen and oxygen atoms in total. The zero-order valence-electron chi connectivity index (χ0n) is 10.6. The highest BCUT2D eigenvalue weighted by Crippen LogP contribution is 2.05. The van der Waals surface area contributed by atoms with Crippen LogP contribution < -0.4 is 5.32 Å². The third-order valence-electron chi connectivity index (χ3n) is 1.97. The van der Waals surface area contributed by atoms with E-state index < -0.39 is 0 Å². The van der Waals surface area contributed by atoms with Gasteiger partial charge >= 0.3 is 0 Å². The van der Waals surface area contributed by atoms with Crippen LogP contribution in [0.5, 0.6) is 0 Å². The van der Waals surface area contributed by atoms with Crippen molar-refractivity contribution in [1.82, 2.24) is 5.32 Å². The Balaban J connectivity index is 3.56. The summed E-state index contributed by atoms with van der Waals surface area (Å²) >= 11 is 0. The summed E-state index contributed by atoms with van der Waals surface area (Å²) in [6, 6.07) is 0. The molecule has 0 aliphatic rings. The van der Waals surface area contributed by atoms with Gasteiger partial charge in [0.25, 0.3) is 0 Å². The van der Waals surface area contributed by atoms with Crippen LogP contribution in [-0.4, -0.2) is 12.1 Å². The second kappa shape index (κ2) is 7.47. The lowest BCUT2D eigenvalue weighted by molar-refractivity contribution is 0.422. The lowest BCUT2D eigenvalue weighted by Gasteiger charge is -2.20. The monoisotopic (exact) mass is 207 g/mol. The predicted octanol–water partition coefficient (Wildman–Crippen LogP) is 3.84. The van der Waals surface area contributed by atoms with E-state index in [0.717, 1.165) is 19.4 Å². The van der Waals surface area contributed by atoms with Gasteiger partial charge in [0.05, 0.1) is 0 Å². The molecule has 0 rings (SSSR count). The van der Waals surface area contributed by atoms with Crippen LogP contribution in [0.2, 0.25) is 0 Å². The van der Waals surface area contributed by atoms with Gasteiger partial charge in [-0.3, -0.25) is 0 Å². The van der Waals surface area contributed by atoms with E-state index in [4.69, 9.17) is 0 Å². The molecule has 0 saturated heterocycles. The molecular formula is C14H25N. The van der Waals surface area contributed by atoms with E-state index in [2.05, 4.69) is 38.7 Å². The molecule has 0 radical (unpaired) electrons. The Hall–Kier alpha value is -0.820. The zero-order valence-corrected chi connectivity index (χ0v) is 10.6. The number of hydrogen-bond donors (Lipinski definition) is 1. The first-order chi connectivity index (χ1) is 6.95. The molecule has 0 aromatic rings. The van der Waals surface area contributed by atoms with Gasteiger partial charge in [0.1, 0.15) is 0 Å². The fourth-order valence-corrected chi connectivity index (χ4v) is 1.16. The standard InChI is InChI=1S/C14H25N/c1-6-7-8-10-13(2)11-9-12-15-14(3,4)5/h6-8,10,15H,2,9,11-12H2,1,3-5H3/b7-6-,10-8-. The molecule has 0 aliphatic carbocycles. The van der Waals surface area contributed by atoms with Crippen molar-refractivity contribution in [2.24, 2.45) is 0 Å². The van der Waals surface area contributed by atoms with Crippen molar-refractivity contribution in [2.45, 2.75) is 46.1 Å². The minimum absolute atomic E-state index is 0.224. The van der Waals surface area contributed by atoms with Crippen molar-refractivity contribution < 1.29 is 0 Å². The largest absolute Gasteiger partial charge is 0.312 e. The second-order valence-corrected chi connectivity index (χ2v) is 4.82. The van der Waals surface area contributed by atoms with Crippen LogP contribution in [-0.2, 0) is 0 Å². The molecule has 0 atom stereocenters. The first-order valence-electron chi connectivity index (χ1n) is 5.68. The van der Waals surface area contributed by atoms with Crippen LogP contribution in [0, 0.1) is 0 Å². The topological polar surface area (TPSA) is 12.0 Å². The van der Waals surface area contributed by atoms with E-state index in [0.29, 0.717) is 0 Å². The maximum atomic E-state index is 4.01. The molecule has 15 heavy (non-hydrogen) atoms. The maximum absolute atomic E-state index is 4.01. The molecule has 0 saturated carbocycles. The molecule has 1 N–H and O–H groups in total. The third-order valence-corrected chi connectivity index (χ3v) is 1.97. The van der Waals surface area contributed by atoms with E-state index in [-0.39, 0.29) is 5.54 Å². The minimum atomic E-state index is 0.224. The summed E-state index contributed by atoms with van der Waals surface area (Å²) in [5, 5.41) is 3.47. The fraction of sp³-hybridized carbons (Fsp3) is 0.571. The average molecular weight is 207 g/mol. The van der Waals surface area contributed by atoms with Gasteiger partial charge in [-0.25, -0.2) is 0 Å². The van der Waals surface area contributed by atoms with Gasteiger partial charge in [0, 0.05) is 5.54 Å². The number of nitrogens with one attached hydrogen (secondary N) is 1. The van der Waals surface area contributed by atoms with Crippen LogP contribution >= 0.6 is 0 Å². The average Bonchev–Trinajstić information content (AvgIpc) is 2.11. The third kappa shape index (κ3) is 11.1. The van der Waals surface area contributed by atoms with E-state index in [1.54, 1.807) is 0 Å². The van der Waals surface area contributed by atoms with Gasteiger partial charge in [0.15, 0.2) is 0 Å². The molecule has 0 aromatic carbocycles. The van der Waals surface area contributed by atoms with Crippen LogP contribution in [0.4, 0.5) is 0 Å². The van der Waals surface area contributed by atoms with Gasteiger partial charge in [-0.2, -0.15) is 0 Å². The molecule has 0 aliphatic heterocycles. The van der Waals surface area contributed by atoms with Crippen molar-refractivity contribution in [2.75, 3.05) is 6.54 Å². The predicted molar refractivity (Wildman–Crippen MR) is 70.1 cm³/mol. The van der Waals surface area contributed by atoms with E-state index >= 15 is 0 Å². The lowest BCUT2D eigenvalue weighted by atomic mass is 10.1. The van der Waals surface area contributed by atoms with Crippen LogP contribution in [0.15, 0.2) is 36.5 Å². The van der Waals surface area contributed by atoms with Gasteiger partial charge in [-0.15, -0.1) is 0 Å². The van der Waals surface area contributed by atoms with Gasteiger partial charge in [-0.1, -0.05) is 36.5 Å². The summed E-state index contributed by atoms with van der Waals surface area (Å²) < 4.78 is 0. The molecule has 0 unspecified atom stereocenters. The fourth-order valence-electron chi connectivity index (χ4n) is 1.16. The van der Waals surface area contributed by atoms with Gasteiger partial charge < -0.3 is 5.32 Å². The maximum Gasteiger partial charge on any atom is 0.00965 e. The SMILES string of the molecule is C=C(/C=C\C=C/C)CCCNC(C)(C)C. The molecule has 86 valence electrons. The van der Waals surface area contributed by atoms with Crippen molar-refractivity contribution >= 4 is 0 Å². The van der Waals surface area contributed by atoms with Crippen molar-refractivity contribution in [3.05, 3.63) is 36.5 Å². The highest BCUT2D eigenvalue weighted by Gasteiger charge is 2.06. The van der Waals surface area contributed by atoms with E-state index in [1.165, 1.54) is 5.57 Å². The Kier molecular flexibility index (Phi) is 7.06. The number of rotatable bonds is 6. The first-order valence-corrected chi connectivity index (χ1v) is 5.68. The van der Waals surface area contributed by atoms with Crippen LogP contribution in [0.25, 0.3) is 0 Å². The highest BCUT2D eigenvalue weighted by molar-refractivity contribution is 5.18. The molecule has 0 aromatic heterocycles. The second-order valence-electron chi connectivity index (χ2n) is 4.82. The van der Waals surface area contributed by atoms with E-state index in [1.807, 2.05) is 25.2 Å². The Morgan fingerprint density at radius 2 is 1.93 bits per heavy atom. The zero-order chi connectivity index (χ0) is 11.7. The Labute approximate surface area is 95.0 Å². The highest BCUT2D eigenvalue weighted by atomic mass is 14.9. The summed E-state index contributed by atoms with van der Waals surface area (Å²) in [7, 11) is 0. The molecule has 0 spiro atoms. The van der Waals surface area contributed by atoms with Gasteiger partial charge in [0.2, 0.25) is 0 Å². The Morgan fingerprint density at radius 1 is 1.27 bits per heavy atom. The summed E-state index contributed by atoms with van der Waals surface area (Å²) in [6.07, 6.45) is 10.4. The van der Waals surface area contributed by atoms with Crippen molar-refractivity contribution in [3.8, 4) is 0 Å². The molecule has 0 bridgehead atoms. The molecule has 1 heteroatoms. The van der Waals surface area contributed by atoms with E-state index in [9.17, 15) is 0 Å². The normalized spacial score (nSPS) is 12.8. The van der Waals surface area contributed by atoms with Gasteiger partial charge in [-0.05, 0) is 47.1 Å². The van der Waals surface area contributed by atoms with Crippen molar-refractivity contribution in [1.29, 1.82) is 0 Å². The Morgan fingerprint density at radius 3 is 2.47 bits per heavy atom. The quantitative estimate of drug-likeness (QED) is 0.515. The molecule has 0 amide bonds. The summed E-state index contributed by atoms with van der Waals surface area (Å²) in [4.78, 5) is 0. The number of hydrogen-bond acceptors (Lipinski definition) is 1. The number of allylic oxidation sites excluding steroid dienone is 5. The smallest absolute Gasteiger partial charge is 0.00965 e. The lowest BCUT2D eigenvalue weighted by Crippen LogP contribution is -2.36. The van der Waals surface area contributed by atoms with Crippen LogP contribution in [0.1, 0.15) is 40.5 Å². The summed E-state index contributed by atoms with van der Waals surface area (Å²) in [5.74, 6) is 0. The van der Waals surface area contributed by atoms with Crippen LogP contribution in [0.3, 0.4) is 0 Å². The summed E-state index contributed by atoms with van der Waals surface area (Å²) in [6.45, 7) is 13.6. The van der Waals surface area contributed by atoms with Crippen molar-refractivity contribution in [3.63, 3.8) is 0 Å². The molecule has 0 heterocycles. The summed E-state index contributed by atoms with van der Waals surface area (Å²) in [5.41, 5.74) is 1.42. The molecule has 0 fully saturated rings.